The molecule has 0 aliphatic heterocycles. The van der Waals surface area contributed by atoms with Gasteiger partial charge in [-0.05, 0) is 50.1 Å². The lowest BCUT2D eigenvalue weighted by Gasteiger charge is -2.18. The van der Waals surface area contributed by atoms with Crippen molar-refractivity contribution in [3.63, 3.8) is 0 Å². The molecule has 1 unspecified atom stereocenters. The Bertz CT molecular complexity index is 1550. The monoisotopic (exact) mass is 483 g/mol. The Labute approximate surface area is 195 Å². The average Bonchev–Trinajstić information content (AvgIpc) is 3.28. The van der Waals surface area contributed by atoms with Crippen molar-refractivity contribution in [1.82, 2.24) is 24.4 Å². The molecule has 178 valence electrons. The molecule has 34 heavy (non-hydrogen) atoms. The SMILES string of the molecule is CC(C)C(NS(=O)(=O)c1ccccc1)c1nc(-c2ccc3c(c2)[nH]c(=O)c(=O)n3C(C)C)no1. The number of fused-ring (bicyclic) bond motifs is 1. The molecule has 0 amide bonds. The molecule has 0 saturated heterocycles. The molecule has 2 aromatic carbocycles. The number of aromatic amines is 1. The van der Waals surface area contributed by atoms with E-state index in [9.17, 15) is 18.0 Å². The summed E-state index contributed by atoms with van der Waals surface area (Å²) >= 11 is 0. The number of H-pyrrole nitrogens is 1. The highest BCUT2D eigenvalue weighted by molar-refractivity contribution is 7.89. The van der Waals surface area contributed by atoms with Gasteiger partial charge in [0.1, 0.15) is 6.04 Å². The van der Waals surface area contributed by atoms with E-state index in [4.69, 9.17) is 4.52 Å². The van der Waals surface area contributed by atoms with Crippen molar-refractivity contribution in [2.45, 2.75) is 44.7 Å². The first-order valence-electron chi connectivity index (χ1n) is 10.8. The topological polar surface area (TPSA) is 140 Å². The molecular weight excluding hydrogens is 458 g/mol. The van der Waals surface area contributed by atoms with Gasteiger partial charge in [-0.15, -0.1) is 0 Å². The van der Waals surface area contributed by atoms with Crippen LogP contribution in [0.5, 0.6) is 0 Å². The van der Waals surface area contributed by atoms with Gasteiger partial charge in [-0.3, -0.25) is 14.2 Å². The first kappa shape index (κ1) is 23.6. The number of rotatable bonds is 7. The summed E-state index contributed by atoms with van der Waals surface area (Å²) in [6.07, 6.45) is 0. The molecule has 4 rings (SSSR count). The predicted molar refractivity (Wildman–Crippen MR) is 127 cm³/mol. The minimum Gasteiger partial charge on any atom is -0.337 e. The molecule has 0 bridgehead atoms. The van der Waals surface area contributed by atoms with Crippen LogP contribution in [0, 0.1) is 5.92 Å². The van der Waals surface area contributed by atoms with Gasteiger partial charge in [-0.2, -0.15) is 9.71 Å². The largest absolute Gasteiger partial charge is 0.337 e. The zero-order valence-corrected chi connectivity index (χ0v) is 20.0. The second kappa shape index (κ2) is 8.99. The first-order chi connectivity index (χ1) is 16.1. The van der Waals surface area contributed by atoms with Crippen LogP contribution in [0.3, 0.4) is 0 Å². The van der Waals surface area contributed by atoms with Crippen LogP contribution in [0.15, 0.2) is 67.5 Å². The highest BCUT2D eigenvalue weighted by Gasteiger charge is 2.29. The van der Waals surface area contributed by atoms with E-state index in [0.29, 0.717) is 16.6 Å². The number of nitrogens with one attached hydrogen (secondary N) is 2. The summed E-state index contributed by atoms with van der Waals surface area (Å²) in [5.74, 6) is 0.162. The summed E-state index contributed by atoms with van der Waals surface area (Å²) in [5, 5.41) is 4.02. The van der Waals surface area contributed by atoms with E-state index < -0.39 is 27.2 Å². The quantitative estimate of drug-likeness (QED) is 0.385. The third-order valence-corrected chi connectivity index (χ3v) is 6.86. The molecule has 2 aromatic heterocycles. The van der Waals surface area contributed by atoms with Crippen molar-refractivity contribution in [3.8, 4) is 11.4 Å². The number of hydrogen-bond acceptors (Lipinski definition) is 7. The number of hydrogen-bond donors (Lipinski definition) is 2. The molecule has 2 heterocycles. The smallest absolute Gasteiger partial charge is 0.316 e. The Morgan fingerprint density at radius 2 is 1.74 bits per heavy atom. The Morgan fingerprint density at radius 1 is 1.03 bits per heavy atom. The minimum absolute atomic E-state index is 0.116. The molecule has 0 radical (unpaired) electrons. The van der Waals surface area contributed by atoms with Crippen LogP contribution in [0.1, 0.15) is 45.7 Å². The molecule has 10 nitrogen and oxygen atoms in total. The second-order valence-corrected chi connectivity index (χ2v) is 10.3. The third-order valence-electron chi connectivity index (χ3n) is 5.40. The Morgan fingerprint density at radius 3 is 2.38 bits per heavy atom. The standard InChI is InChI=1S/C23H25N5O5S/c1-13(2)19(27-34(31,32)16-8-6-5-7-9-16)22-25-20(26-33-22)15-10-11-18-17(12-15)24-21(29)23(30)28(18)14(3)4/h5-14,19,27H,1-4H3,(H,24,29). The van der Waals surface area contributed by atoms with Crippen molar-refractivity contribution in [2.24, 2.45) is 5.92 Å². The van der Waals surface area contributed by atoms with Gasteiger partial charge in [0.15, 0.2) is 0 Å². The van der Waals surface area contributed by atoms with Gasteiger partial charge in [-0.1, -0.05) is 37.2 Å². The molecular formula is C23H25N5O5S. The van der Waals surface area contributed by atoms with Crippen molar-refractivity contribution in [3.05, 3.63) is 75.1 Å². The Kier molecular flexibility index (Phi) is 6.24. The number of sulfonamides is 1. The second-order valence-electron chi connectivity index (χ2n) is 8.57. The lowest BCUT2D eigenvalue weighted by Crippen LogP contribution is -2.37. The fraction of sp³-hybridized carbons (Fsp3) is 0.304. The molecule has 2 N–H and O–H groups in total. The van der Waals surface area contributed by atoms with E-state index in [-0.39, 0.29) is 28.6 Å². The van der Waals surface area contributed by atoms with Crippen LogP contribution in [0.4, 0.5) is 0 Å². The van der Waals surface area contributed by atoms with Gasteiger partial charge in [0, 0.05) is 11.6 Å². The van der Waals surface area contributed by atoms with Crippen LogP contribution in [-0.2, 0) is 10.0 Å². The number of aromatic nitrogens is 4. The molecule has 11 heteroatoms. The molecule has 4 aromatic rings. The third kappa shape index (κ3) is 4.44. The van der Waals surface area contributed by atoms with Gasteiger partial charge in [-0.25, -0.2) is 8.42 Å². The minimum atomic E-state index is -3.81. The summed E-state index contributed by atoms with van der Waals surface area (Å²) in [5.41, 5.74) is 0.223. The summed E-state index contributed by atoms with van der Waals surface area (Å²) in [4.78, 5) is 31.5. The van der Waals surface area contributed by atoms with Crippen LogP contribution >= 0.6 is 0 Å². The highest BCUT2D eigenvalue weighted by Crippen LogP contribution is 2.27. The van der Waals surface area contributed by atoms with Crippen molar-refractivity contribution >= 4 is 21.1 Å². The van der Waals surface area contributed by atoms with E-state index in [0.717, 1.165) is 0 Å². The van der Waals surface area contributed by atoms with Crippen LogP contribution in [0.2, 0.25) is 0 Å². The van der Waals surface area contributed by atoms with E-state index >= 15 is 0 Å². The maximum atomic E-state index is 12.8. The fourth-order valence-corrected chi connectivity index (χ4v) is 5.04. The van der Waals surface area contributed by atoms with Crippen molar-refractivity contribution in [2.75, 3.05) is 0 Å². The van der Waals surface area contributed by atoms with E-state index in [1.54, 1.807) is 36.4 Å². The van der Waals surface area contributed by atoms with E-state index in [1.807, 2.05) is 27.7 Å². The summed E-state index contributed by atoms with van der Waals surface area (Å²) < 4.78 is 35.1. The molecule has 0 aliphatic carbocycles. The van der Waals surface area contributed by atoms with Gasteiger partial charge in [0.2, 0.25) is 21.7 Å². The summed E-state index contributed by atoms with van der Waals surface area (Å²) in [6.45, 7) is 7.33. The molecule has 1 atom stereocenters. The fourth-order valence-electron chi connectivity index (χ4n) is 3.68. The van der Waals surface area contributed by atoms with Crippen LogP contribution < -0.4 is 15.8 Å². The normalized spacial score (nSPS) is 13.1. The van der Waals surface area contributed by atoms with Crippen molar-refractivity contribution in [1.29, 1.82) is 0 Å². The van der Waals surface area contributed by atoms with Gasteiger partial charge in [0.05, 0.1) is 15.9 Å². The molecule has 0 aliphatic rings. The Hall–Kier alpha value is -3.57. The lowest BCUT2D eigenvalue weighted by molar-refractivity contribution is 0.311. The predicted octanol–water partition coefficient (Wildman–Crippen LogP) is 3.00. The van der Waals surface area contributed by atoms with E-state index in [1.165, 1.54) is 16.7 Å². The lowest BCUT2D eigenvalue weighted by atomic mass is 10.1. The van der Waals surface area contributed by atoms with Crippen LogP contribution in [0.25, 0.3) is 22.4 Å². The average molecular weight is 484 g/mol. The summed E-state index contributed by atoms with van der Waals surface area (Å²) in [6, 6.07) is 12.2. The summed E-state index contributed by atoms with van der Waals surface area (Å²) in [7, 11) is -3.81. The van der Waals surface area contributed by atoms with Gasteiger partial charge >= 0.3 is 11.1 Å². The van der Waals surface area contributed by atoms with Gasteiger partial charge in [0.25, 0.3) is 0 Å². The van der Waals surface area contributed by atoms with Crippen LogP contribution in [-0.4, -0.2) is 28.1 Å². The van der Waals surface area contributed by atoms with E-state index in [2.05, 4.69) is 19.8 Å². The Balaban J connectivity index is 1.71. The zero-order valence-electron chi connectivity index (χ0n) is 19.1. The molecule has 0 spiro atoms. The van der Waals surface area contributed by atoms with Gasteiger partial charge < -0.3 is 9.51 Å². The maximum absolute atomic E-state index is 12.8. The zero-order chi connectivity index (χ0) is 24.6. The maximum Gasteiger partial charge on any atom is 0.316 e. The number of nitrogens with zero attached hydrogens (tertiary/aromatic N) is 3. The van der Waals surface area contributed by atoms with Crippen molar-refractivity contribution < 1.29 is 12.9 Å². The molecule has 0 fully saturated rings. The first-order valence-corrected chi connectivity index (χ1v) is 12.3. The highest BCUT2D eigenvalue weighted by atomic mass is 32.2. The number of benzene rings is 2. The molecule has 0 saturated carbocycles.